The molecule has 3 aromatic carbocycles. The van der Waals surface area contributed by atoms with E-state index in [1.807, 2.05) is 30.3 Å². The third-order valence-electron chi connectivity index (χ3n) is 6.89. The van der Waals surface area contributed by atoms with E-state index in [-0.39, 0.29) is 24.8 Å². The van der Waals surface area contributed by atoms with Gasteiger partial charge >= 0.3 is 11.9 Å². The van der Waals surface area contributed by atoms with E-state index in [4.69, 9.17) is 14.5 Å². The van der Waals surface area contributed by atoms with Gasteiger partial charge in [-0.1, -0.05) is 54.6 Å². The van der Waals surface area contributed by atoms with E-state index < -0.39 is 5.41 Å². The van der Waals surface area contributed by atoms with Crippen molar-refractivity contribution in [1.82, 2.24) is 4.98 Å². The molecule has 0 amide bonds. The molecular formula is C28H25NO4. The van der Waals surface area contributed by atoms with Gasteiger partial charge in [0.15, 0.2) is 0 Å². The number of fused-ring (bicyclic) bond motifs is 6. The second kappa shape index (κ2) is 8.32. The molecule has 0 saturated carbocycles. The van der Waals surface area contributed by atoms with E-state index in [0.717, 1.165) is 44.1 Å². The van der Waals surface area contributed by atoms with Crippen molar-refractivity contribution in [1.29, 1.82) is 0 Å². The van der Waals surface area contributed by atoms with Gasteiger partial charge in [0.25, 0.3) is 0 Å². The summed E-state index contributed by atoms with van der Waals surface area (Å²) in [7, 11) is 2.81. The Morgan fingerprint density at radius 3 is 2.12 bits per heavy atom. The molecule has 0 atom stereocenters. The van der Waals surface area contributed by atoms with Crippen molar-refractivity contribution >= 4 is 33.6 Å². The molecule has 1 aliphatic rings. The summed E-state index contributed by atoms with van der Waals surface area (Å²) >= 11 is 0. The number of carbonyl (C=O) groups is 2. The highest BCUT2D eigenvalue weighted by Crippen LogP contribution is 2.55. The second-order valence-corrected chi connectivity index (χ2v) is 8.52. The lowest BCUT2D eigenvalue weighted by Crippen LogP contribution is -2.28. The second-order valence-electron chi connectivity index (χ2n) is 8.52. The van der Waals surface area contributed by atoms with E-state index >= 15 is 0 Å². The minimum Gasteiger partial charge on any atom is -0.469 e. The smallest absolute Gasteiger partial charge is 0.305 e. The number of para-hydroxylation sites is 1. The number of nitrogens with zero attached hydrogens (tertiary/aromatic N) is 1. The zero-order chi connectivity index (χ0) is 23.0. The molecule has 1 aliphatic carbocycles. The van der Waals surface area contributed by atoms with Gasteiger partial charge in [0.05, 0.1) is 25.4 Å². The molecule has 5 heteroatoms. The van der Waals surface area contributed by atoms with Crippen molar-refractivity contribution in [3.8, 4) is 11.3 Å². The molecule has 5 nitrogen and oxygen atoms in total. The van der Waals surface area contributed by atoms with Gasteiger partial charge in [-0.25, -0.2) is 4.98 Å². The maximum Gasteiger partial charge on any atom is 0.305 e. The molecule has 0 fully saturated rings. The Balaban J connectivity index is 1.81. The van der Waals surface area contributed by atoms with Crippen LogP contribution in [0, 0.1) is 0 Å². The molecular weight excluding hydrogens is 414 g/mol. The predicted octanol–water partition coefficient (Wildman–Crippen LogP) is 5.56. The number of hydrogen-bond acceptors (Lipinski definition) is 5. The number of ether oxygens (including phenoxy) is 2. The molecule has 0 saturated heterocycles. The van der Waals surface area contributed by atoms with Crippen LogP contribution in [0.4, 0.5) is 0 Å². The van der Waals surface area contributed by atoms with Gasteiger partial charge in [-0.15, -0.1) is 0 Å². The first kappa shape index (κ1) is 21.1. The highest BCUT2D eigenvalue weighted by atomic mass is 16.5. The average Bonchev–Trinajstić information content (AvgIpc) is 3.13. The summed E-state index contributed by atoms with van der Waals surface area (Å²) in [4.78, 5) is 29.6. The van der Waals surface area contributed by atoms with Crippen molar-refractivity contribution in [2.24, 2.45) is 0 Å². The maximum atomic E-state index is 12.2. The Morgan fingerprint density at radius 1 is 0.788 bits per heavy atom. The van der Waals surface area contributed by atoms with Gasteiger partial charge in [-0.2, -0.15) is 0 Å². The maximum absolute atomic E-state index is 12.2. The Hall–Kier alpha value is -3.73. The van der Waals surface area contributed by atoms with Gasteiger partial charge < -0.3 is 9.47 Å². The topological polar surface area (TPSA) is 65.5 Å². The third kappa shape index (κ3) is 3.44. The quantitative estimate of drug-likeness (QED) is 0.368. The minimum atomic E-state index is -0.548. The SMILES string of the molecule is COC(=O)CCC1(CCC(=O)OC)c2cc3ccccc3nc2-c2c1ccc1ccccc21. The molecule has 0 unspecified atom stereocenters. The van der Waals surface area contributed by atoms with Crippen LogP contribution >= 0.6 is 0 Å². The number of pyridine rings is 1. The molecule has 0 spiro atoms. The summed E-state index contributed by atoms with van der Waals surface area (Å²) in [6, 6.07) is 22.8. The molecule has 1 heterocycles. The Morgan fingerprint density at radius 2 is 1.42 bits per heavy atom. The van der Waals surface area contributed by atoms with Gasteiger partial charge in [0.1, 0.15) is 0 Å². The highest BCUT2D eigenvalue weighted by Gasteiger charge is 2.45. The van der Waals surface area contributed by atoms with Crippen LogP contribution in [-0.2, 0) is 24.5 Å². The van der Waals surface area contributed by atoms with Crippen LogP contribution in [0.25, 0.3) is 32.9 Å². The summed E-state index contributed by atoms with van der Waals surface area (Å²) in [5.74, 6) is -0.533. The number of hydrogen-bond donors (Lipinski definition) is 0. The fraction of sp³-hybridized carbons (Fsp3) is 0.250. The van der Waals surface area contributed by atoms with Crippen LogP contribution in [-0.4, -0.2) is 31.1 Å². The van der Waals surface area contributed by atoms with Gasteiger partial charge in [-0.3, -0.25) is 9.59 Å². The average molecular weight is 440 g/mol. The van der Waals surface area contributed by atoms with Crippen LogP contribution < -0.4 is 0 Å². The molecule has 33 heavy (non-hydrogen) atoms. The van der Waals surface area contributed by atoms with Crippen molar-refractivity contribution in [2.75, 3.05) is 14.2 Å². The van der Waals surface area contributed by atoms with Crippen LogP contribution in [0.5, 0.6) is 0 Å². The van der Waals surface area contributed by atoms with Gasteiger partial charge in [-0.05, 0) is 46.9 Å². The first-order valence-corrected chi connectivity index (χ1v) is 11.1. The van der Waals surface area contributed by atoms with Crippen molar-refractivity contribution in [2.45, 2.75) is 31.1 Å². The summed E-state index contributed by atoms with van der Waals surface area (Å²) in [5, 5.41) is 3.29. The lowest BCUT2D eigenvalue weighted by Gasteiger charge is -2.32. The molecule has 0 aliphatic heterocycles. The number of aromatic nitrogens is 1. The largest absolute Gasteiger partial charge is 0.469 e. The van der Waals surface area contributed by atoms with Crippen LogP contribution in [0.3, 0.4) is 0 Å². The molecule has 1 aromatic heterocycles. The molecule has 4 aromatic rings. The normalized spacial score (nSPS) is 13.5. The van der Waals surface area contributed by atoms with Crippen LogP contribution in [0.1, 0.15) is 36.8 Å². The van der Waals surface area contributed by atoms with Gasteiger partial charge in [0, 0.05) is 29.2 Å². The van der Waals surface area contributed by atoms with Crippen LogP contribution in [0.15, 0.2) is 66.7 Å². The lowest BCUT2D eigenvalue weighted by molar-refractivity contribution is -0.141. The molecule has 0 N–H and O–H groups in total. The van der Waals surface area contributed by atoms with E-state index in [9.17, 15) is 9.59 Å². The minimum absolute atomic E-state index is 0.246. The van der Waals surface area contributed by atoms with Crippen molar-refractivity contribution < 1.29 is 19.1 Å². The van der Waals surface area contributed by atoms with E-state index in [0.29, 0.717) is 12.8 Å². The number of carbonyl (C=O) groups excluding carboxylic acids is 2. The van der Waals surface area contributed by atoms with Gasteiger partial charge in [0.2, 0.25) is 0 Å². The zero-order valence-corrected chi connectivity index (χ0v) is 18.8. The molecule has 5 rings (SSSR count). The van der Waals surface area contributed by atoms with Crippen molar-refractivity contribution in [3.63, 3.8) is 0 Å². The summed E-state index contributed by atoms with van der Waals surface area (Å²) in [6.45, 7) is 0. The number of rotatable bonds is 6. The first-order chi connectivity index (χ1) is 16.1. The van der Waals surface area contributed by atoms with Crippen molar-refractivity contribution in [3.05, 3.63) is 77.9 Å². The van der Waals surface area contributed by atoms with E-state index in [1.165, 1.54) is 14.2 Å². The molecule has 0 bridgehead atoms. The highest BCUT2D eigenvalue weighted by molar-refractivity contribution is 6.03. The van der Waals surface area contributed by atoms with Crippen LogP contribution in [0.2, 0.25) is 0 Å². The lowest BCUT2D eigenvalue weighted by atomic mass is 9.71. The Bertz CT molecular complexity index is 1370. The fourth-order valence-corrected chi connectivity index (χ4v) is 5.24. The Kier molecular flexibility index (Phi) is 5.33. The first-order valence-electron chi connectivity index (χ1n) is 11.1. The third-order valence-corrected chi connectivity index (χ3v) is 6.89. The standard InChI is InChI=1S/C28H25NO4/c1-32-24(30)13-15-28(16-14-25(31)33-2)21-12-11-18-7-3-5-9-20(18)26(21)27-22(28)17-19-8-4-6-10-23(19)29-27/h3-12,17H,13-16H2,1-2H3. The number of esters is 2. The number of methoxy groups -OCH3 is 2. The summed E-state index contributed by atoms with van der Waals surface area (Å²) in [6.07, 6.45) is 1.54. The molecule has 0 radical (unpaired) electrons. The monoisotopic (exact) mass is 439 g/mol. The summed E-state index contributed by atoms with van der Waals surface area (Å²) < 4.78 is 9.94. The predicted molar refractivity (Wildman–Crippen MR) is 128 cm³/mol. The van der Waals surface area contributed by atoms with E-state index in [2.05, 4.69) is 36.4 Å². The molecule has 166 valence electrons. The van der Waals surface area contributed by atoms with E-state index in [1.54, 1.807) is 0 Å². The fourth-order valence-electron chi connectivity index (χ4n) is 5.24. The number of benzene rings is 3. The summed E-state index contributed by atoms with van der Waals surface area (Å²) in [5.41, 5.74) is 4.55. The Labute approximate surface area is 192 Å². The zero-order valence-electron chi connectivity index (χ0n) is 18.8.